The summed E-state index contributed by atoms with van der Waals surface area (Å²) in [6, 6.07) is 0. The van der Waals surface area contributed by atoms with Gasteiger partial charge < -0.3 is 99.2 Å². The summed E-state index contributed by atoms with van der Waals surface area (Å²) in [6.45, 7) is 10.0. The zero-order chi connectivity index (χ0) is 51.1. The van der Waals surface area contributed by atoms with Crippen LogP contribution in [0.3, 0.4) is 0 Å². The molecule has 9 fully saturated rings. The lowest BCUT2D eigenvalue weighted by molar-refractivity contribution is -0.377. The molecule has 5 aliphatic carbocycles. The van der Waals surface area contributed by atoms with Gasteiger partial charge in [-0.25, -0.2) is 0 Å². The molecule has 12 N–H and O–H groups in total. The van der Waals surface area contributed by atoms with Crippen LogP contribution in [0.4, 0.5) is 0 Å². The molecule has 0 amide bonds. The zero-order valence-corrected chi connectivity index (χ0v) is 41.4. The van der Waals surface area contributed by atoms with Crippen LogP contribution in [0, 0.1) is 50.7 Å². The highest BCUT2D eigenvalue weighted by atomic mass is 16.8. The van der Waals surface area contributed by atoms with Crippen molar-refractivity contribution in [1.82, 2.24) is 0 Å². The minimum atomic E-state index is -2.04. The van der Waals surface area contributed by atoms with E-state index in [0.717, 1.165) is 38.5 Å². The van der Waals surface area contributed by atoms with E-state index < -0.39 is 153 Å². The molecular weight excluding hydrogens is 925 g/mol. The monoisotopic (exact) mass is 1000 g/mol. The Morgan fingerprint density at radius 3 is 1.77 bits per heavy atom. The lowest BCUT2D eigenvalue weighted by Crippen LogP contribution is -2.65. The van der Waals surface area contributed by atoms with Crippen LogP contribution in [0.15, 0.2) is 0 Å². The number of carbonyl (C=O) groups is 1. The second-order valence-electron chi connectivity index (χ2n) is 24.1. The summed E-state index contributed by atoms with van der Waals surface area (Å²) in [6.07, 6.45) is -17.2. The lowest BCUT2D eigenvalue weighted by atomic mass is 9.41. The molecule has 9 rings (SSSR count). The number of aliphatic hydroxyl groups excluding tert-OH is 11. The summed E-state index contributed by atoms with van der Waals surface area (Å²) < 4.78 is 48.9. The Hall–Kier alpha value is -1.13. The second kappa shape index (κ2) is 18.6. The van der Waals surface area contributed by atoms with E-state index in [0.29, 0.717) is 18.8 Å². The molecule has 0 radical (unpaired) electrons. The van der Waals surface area contributed by atoms with Gasteiger partial charge in [-0.1, -0.05) is 34.6 Å². The van der Waals surface area contributed by atoms with Crippen molar-refractivity contribution in [2.45, 2.75) is 215 Å². The van der Waals surface area contributed by atoms with Crippen LogP contribution in [0.1, 0.15) is 99.3 Å². The largest absolute Gasteiger partial charge is 0.394 e. The van der Waals surface area contributed by atoms with Crippen molar-refractivity contribution in [2.75, 3.05) is 33.5 Å². The van der Waals surface area contributed by atoms with Crippen LogP contribution in [-0.4, -0.2) is 216 Å². The molecule has 0 bridgehead atoms. The molecule has 0 aromatic carbocycles. The highest BCUT2D eigenvalue weighted by Gasteiger charge is 2.85. The number of fused-ring (bicyclic) bond motifs is 4. The van der Waals surface area contributed by atoms with Gasteiger partial charge in [0, 0.05) is 25.9 Å². The Kier molecular flexibility index (Phi) is 14.2. The summed E-state index contributed by atoms with van der Waals surface area (Å²) >= 11 is 0. The number of carbonyl (C=O) groups excluding carboxylic acids is 1. The summed E-state index contributed by atoms with van der Waals surface area (Å²) in [4.78, 5) is 13.9. The lowest BCUT2D eigenvalue weighted by Gasteiger charge is -2.63. The molecule has 21 heteroatoms. The SMILES string of the molecule is CO[C@]12C[C@@]3(C)[C@@H]4CCC5C(C)(C)[C@@H](O[C@@H]6O[C@H](CO)[C@@H](O)[C@H](O)[C@H]6O[C@@H]6O[C@H](CO)[C@@H](O)[C@H](O)[C@H]6O)CC[C@@]56C[C@@]46CC[C@]3(C)C1[C@H](C)[C@H](CC(=O)C(C)(O)CO[C@@H]1O[C@H](CO)[C@@H](O)[C@H](O)[C@H]1O)O2. The van der Waals surface area contributed by atoms with Gasteiger partial charge in [0.05, 0.1) is 38.6 Å². The quantitative estimate of drug-likeness (QED) is 0.0834. The maximum Gasteiger partial charge on any atom is 0.187 e. The minimum Gasteiger partial charge on any atom is -0.394 e. The predicted octanol–water partition coefficient (Wildman–Crippen LogP) is -2.05. The zero-order valence-electron chi connectivity index (χ0n) is 41.4. The standard InChI is InChI=1S/C49H80O21/c1-21-22(14-28(53)46(6,62)20-64-40-36(60)33(57)30(54)23(15-50)65-40)70-49(63-7)18-45(5)27-9-8-26-43(2,3)29(10-11-47(26)19-48(27,47)13-12-44(45,4)39(21)49)68-42-38(35(59)32(56)25(17-52)67-42)69-41-37(61)34(58)31(55)24(16-51)66-41/h21-27,29-42,50-52,54-62H,8-20H2,1-7H3/t21-,22+,23-,24-,25-,26?,27+,29+,30-,31-,32-,33+,34+,35+,36-,37-,38-,39?,40-,41+,42+,44-,45+,46?,47-,48+,49+/m1/s1. The van der Waals surface area contributed by atoms with E-state index in [-0.39, 0.29) is 45.8 Å². The van der Waals surface area contributed by atoms with Gasteiger partial charge in [0.1, 0.15) is 78.8 Å². The van der Waals surface area contributed by atoms with Gasteiger partial charge in [0.2, 0.25) is 0 Å². The third-order valence-electron chi connectivity index (χ3n) is 20.5. The molecule has 3 unspecified atom stereocenters. The Morgan fingerprint density at radius 2 is 1.17 bits per heavy atom. The van der Waals surface area contributed by atoms with Gasteiger partial charge in [-0.15, -0.1) is 0 Å². The van der Waals surface area contributed by atoms with E-state index >= 15 is 0 Å². The Labute approximate surface area is 408 Å². The number of hydrogen-bond acceptors (Lipinski definition) is 21. The molecule has 0 aromatic rings. The molecule has 9 aliphatic rings. The molecule has 402 valence electrons. The van der Waals surface area contributed by atoms with Crippen LogP contribution in [0.2, 0.25) is 0 Å². The predicted molar refractivity (Wildman–Crippen MR) is 237 cm³/mol. The fourth-order valence-corrected chi connectivity index (χ4v) is 16.6. The fraction of sp³-hybridized carbons (Fsp3) is 0.980. The molecule has 27 atom stereocenters. The third-order valence-corrected chi connectivity index (χ3v) is 20.5. The highest BCUT2D eigenvalue weighted by molar-refractivity contribution is 5.87. The Bertz CT molecular complexity index is 1910. The van der Waals surface area contributed by atoms with E-state index in [2.05, 4.69) is 34.6 Å². The first kappa shape index (κ1) is 53.7. The van der Waals surface area contributed by atoms with Crippen LogP contribution < -0.4 is 0 Å². The number of aliphatic hydroxyl groups is 12. The number of ketones is 1. The van der Waals surface area contributed by atoms with Crippen molar-refractivity contribution in [3.05, 3.63) is 0 Å². The van der Waals surface area contributed by atoms with Crippen LogP contribution in [-0.2, 0) is 42.7 Å². The maximum absolute atomic E-state index is 13.9. The fourth-order valence-electron chi connectivity index (χ4n) is 16.6. The summed E-state index contributed by atoms with van der Waals surface area (Å²) in [7, 11) is 1.67. The van der Waals surface area contributed by atoms with Gasteiger partial charge >= 0.3 is 0 Å². The average molecular weight is 1010 g/mol. The number of rotatable bonds is 14. The van der Waals surface area contributed by atoms with Crippen molar-refractivity contribution >= 4 is 5.78 Å². The first-order valence-corrected chi connectivity index (χ1v) is 25.4. The van der Waals surface area contributed by atoms with Gasteiger partial charge in [0.25, 0.3) is 0 Å². The van der Waals surface area contributed by atoms with Crippen molar-refractivity contribution in [2.24, 2.45) is 50.7 Å². The van der Waals surface area contributed by atoms with Gasteiger partial charge in [-0.05, 0) is 96.7 Å². The summed E-state index contributed by atoms with van der Waals surface area (Å²) in [5, 5.41) is 126. The smallest absolute Gasteiger partial charge is 0.187 e. The van der Waals surface area contributed by atoms with Gasteiger partial charge in [-0.3, -0.25) is 4.79 Å². The second-order valence-corrected chi connectivity index (χ2v) is 24.1. The molecule has 4 saturated heterocycles. The molecule has 21 nitrogen and oxygen atoms in total. The number of hydrogen-bond donors (Lipinski definition) is 12. The van der Waals surface area contributed by atoms with Crippen molar-refractivity contribution in [1.29, 1.82) is 0 Å². The first-order chi connectivity index (χ1) is 32.8. The van der Waals surface area contributed by atoms with Crippen LogP contribution >= 0.6 is 0 Å². The summed E-state index contributed by atoms with van der Waals surface area (Å²) in [5.74, 6) is -1.16. The van der Waals surface area contributed by atoms with Crippen LogP contribution in [0.5, 0.6) is 0 Å². The van der Waals surface area contributed by atoms with Gasteiger partial charge in [0.15, 0.2) is 30.4 Å². The number of ether oxygens (including phenoxy) is 8. The molecule has 2 spiro atoms. The molecule has 4 heterocycles. The Morgan fingerprint density at radius 1 is 0.629 bits per heavy atom. The molecule has 4 aliphatic heterocycles. The topological polar surface area (TPSA) is 334 Å². The van der Waals surface area contributed by atoms with E-state index in [9.17, 15) is 66.1 Å². The average Bonchev–Trinajstić information content (AvgIpc) is 3.84. The van der Waals surface area contributed by atoms with E-state index in [1.807, 2.05) is 0 Å². The third kappa shape index (κ3) is 7.80. The van der Waals surface area contributed by atoms with Crippen molar-refractivity contribution in [3.8, 4) is 0 Å². The summed E-state index contributed by atoms with van der Waals surface area (Å²) in [5.41, 5.74) is -2.83. The number of Topliss-reactive ketones (excluding diaryl/α,β-unsaturated/α-hetero) is 1. The first-order valence-electron chi connectivity index (χ1n) is 25.4. The van der Waals surface area contributed by atoms with Crippen LogP contribution in [0.25, 0.3) is 0 Å². The Balaban J connectivity index is 0.884. The van der Waals surface area contributed by atoms with Gasteiger partial charge in [-0.2, -0.15) is 0 Å². The normalized spacial score (nSPS) is 55.6. The van der Waals surface area contributed by atoms with Crippen molar-refractivity contribution in [3.63, 3.8) is 0 Å². The van der Waals surface area contributed by atoms with E-state index in [4.69, 9.17) is 37.9 Å². The number of methoxy groups -OCH3 is 1. The molecule has 70 heavy (non-hydrogen) atoms. The molecule has 5 saturated carbocycles. The molecule has 0 aromatic heterocycles. The highest BCUT2D eigenvalue weighted by Crippen LogP contribution is 2.90. The maximum atomic E-state index is 13.9. The minimum absolute atomic E-state index is 0.0230. The molecular formula is C49H80O21. The van der Waals surface area contributed by atoms with Crippen molar-refractivity contribution < 1.29 is 104 Å². The van der Waals surface area contributed by atoms with E-state index in [1.165, 1.54) is 6.92 Å². The van der Waals surface area contributed by atoms with E-state index in [1.54, 1.807) is 7.11 Å².